The maximum atomic E-state index is 6.98. The second kappa shape index (κ2) is 12.9. The molecule has 0 amide bonds. The second-order valence-electron chi connectivity index (χ2n) is 18.3. The van der Waals surface area contributed by atoms with E-state index in [1.807, 2.05) is 0 Å². The number of anilines is 3. The van der Waals surface area contributed by atoms with Gasteiger partial charge in [-0.2, -0.15) is 0 Å². The summed E-state index contributed by atoms with van der Waals surface area (Å²) in [5, 5.41) is 7.12. The molecule has 0 spiro atoms. The molecule has 5 aliphatic rings. The summed E-state index contributed by atoms with van der Waals surface area (Å²) in [6, 6.07) is 51.9. The van der Waals surface area contributed by atoms with E-state index in [2.05, 4.69) is 144 Å². The van der Waals surface area contributed by atoms with E-state index in [0.717, 1.165) is 85.1 Å². The molecule has 5 fully saturated rings. The lowest BCUT2D eigenvalue weighted by Crippen LogP contribution is -2.43. The molecule has 2 aromatic heterocycles. The first-order valence-electron chi connectivity index (χ1n) is 22.0. The van der Waals surface area contributed by atoms with Crippen LogP contribution in [-0.2, 0) is 0 Å². The molecular formula is C55H47NO2. The number of nitrogens with zero attached hydrogens (tertiary/aromatic N) is 1. The van der Waals surface area contributed by atoms with E-state index in [1.165, 1.54) is 96.2 Å². The van der Waals surface area contributed by atoms with E-state index >= 15 is 0 Å². The lowest BCUT2D eigenvalue weighted by molar-refractivity contribution is -0.00229. The van der Waals surface area contributed by atoms with Gasteiger partial charge in [-0.3, -0.25) is 0 Å². The fourth-order valence-electron chi connectivity index (χ4n) is 12.9. The zero-order chi connectivity index (χ0) is 37.9. The summed E-state index contributed by atoms with van der Waals surface area (Å²) < 4.78 is 13.5. The Labute approximate surface area is 339 Å². The minimum absolute atomic E-state index is 0.606. The van der Waals surface area contributed by atoms with Crippen molar-refractivity contribution in [3.05, 3.63) is 151 Å². The van der Waals surface area contributed by atoms with Crippen LogP contribution in [0.1, 0.15) is 80.8 Å². The molecular weight excluding hydrogens is 707 g/mol. The highest BCUT2D eigenvalue weighted by Crippen LogP contribution is 2.61. The van der Waals surface area contributed by atoms with Crippen LogP contribution in [0.2, 0.25) is 0 Å². The molecule has 0 atom stereocenters. The molecule has 58 heavy (non-hydrogen) atoms. The van der Waals surface area contributed by atoms with Crippen molar-refractivity contribution in [3.63, 3.8) is 0 Å². The van der Waals surface area contributed by atoms with Gasteiger partial charge in [0.2, 0.25) is 0 Å². The highest BCUT2D eigenvalue weighted by atomic mass is 16.3. The smallest absolute Gasteiger partial charge is 0.143 e. The number of para-hydroxylation sites is 1. The van der Waals surface area contributed by atoms with Gasteiger partial charge < -0.3 is 13.7 Å². The van der Waals surface area contributed by atoms with Crippen LogP contribution in [0.4, 0.5) is 17.1 Å². The van der Waals surface area contributed by atoms with Crippen LogP contribution in [0.15, 0.2) is 148 Å². The minimum atomic E-state index is 0.606. The molecule has 284 valence electrons. The van der Waals surface area contributed by atoms with Gasteiger partial charge >= 0.3 is 0 Å². The van der Waals surface area contributed by atoms with Gasteiger partial charge in [-0.05, 0) is 145 Å². The highest BCUT2D eigenvalue weighted by molar-refractivity contribution is 6.22. The lowest BCUT2D eigenvalue weighted by Gasteiger charge is -2.54. The van der Waals surface area contributed by atoms with Crippen LogP contribution >= 0.6 is 0 Å². The first-order valence-corrected chi connectivity index (χ1v) is 22.0. The molecule has 4 bridgehead atoms. The van der Waals surface area contributed by atoms with E-state index in [4.69, 9.17) is 8.83 Å². The maximum absolute atomic E-state index is 6.98. The Kier molecular flexibility index (Phi) is 7.36. The predicted octanol–water partition coefficient (Wildman–Crippen LogP) is 16.0. The Balaban J connectivity index is 1.03. The maximum Gasteiger partial charge on any atom is 0.143 e. The molecule has 0 N–H and O–H groups in total. The number of hydrogen-bond acceptors (Lipinski definition) is 3. The van der Waals surface area contributed by atoms with Crippen molar-refractivity contribution in [2.24, 2.45) is 23.7 Å². The van der Waals surface area contributed by atoms with Crippen molar-refractivity contribution in [1.82, 2.24) is 0 Å². The normalized spacial score (nSPS) is 23.0. The second-order valence-corrected chi connectivity index (χ2v) is 18.3. The zero-order valence-electron chi connectivity index (χ0n) is 32.9. The van der Waals surface area contributed by atoms with Gasteiger partial charge in [-0.1, -0.05) is 110 Å². The van der Waals surface area contributed by atoms with E-state index in [9.17, 15) is 0 Å². The van der Waals surface area contributed by atoms with Crippen LogP contribution < -0.4 is 4.90 Å². The van der Waals surface area contributed by atoms with Gasteiger partial charge in [0.05, 0.1) is 16.8 Å². The van der Waals surface area contributed by atoms with Crippen LogP contribution in [0.25, 0.3) is 65.8 Å². The van der Waals surface area contributed by atoms with Gasteiger partial charge in [0.1, 0.15) is 22.3 Å². The third kappa shape index (κ3) is 5.04. The Morgan fingerprint density at radius 2 is 1.09 bits per heavy atom. The fraction of sp³-hybridized carbons (Fsp3) is 0.273. The summed E-state index contributed by atoms with van der Waals surface area (Å²) in [4.78, 5) is 2.49. The van der Waals surface area contributed by atoms with Crippen molar-refractivity contribution < 1.29 is 8.83 Å². The molecule has 0 unspecified atom stereocenters. The molecule has 14 rings (SSSR count). The summed E-state index contributed by atoms with van der Waals surface area (Å²) in [6.07, 6.45) is 12.4. The Bertz CT molecular complexity index is 3000. The van der Waals surface area contributed by atoms with E-state index in [0.29, 0.717) is 5.92 Å². The summed E-state index contributed by atoms with van der Waals surface area (Å²) in [5.74, 6) is 4.77. The first-order chi connectivity index (χ1) is 28.7. The standard InChI is InChI=1S/C55H47NO2/c1-2-10-35(9-1)36-19-21-37(22-20-36)38-23-25-41(26-24-38)56(47-15-8-18-51-54(47)44-13-5-6-16-49(44)57-51)48-32-46-53-45(52-39-28-33-27-34(30-39)31-40(52)29-33)14-7-17-50(53)58-55(46)43-12-4-3-11-42(43)48/h3-8,11-26,32-35,39-40,52H,1-2,9-10,27-31H2. The summed E-state index contributed by atoms with van der Waals surface area (Å²) in [6.45, 7) is 0. The molecule has 2 heterocycles. The van der Waals surface area contributed by atoms with Gasteiger partial charge in [-0.25, -0.2) is 0 Å². The van der Waals surface area contributed by atoms with Crippen molar-refractivity contribution >= 4 is 71.7 Å². The monoisotopic (exact) mass is 753 g/mol. The topological polar surface area (TPSA) is 29.5 Å². The molecule has 9 aromatic rings. The van der Waals surface area contributed by atoms with E-state index < -0.39 is 0 Å². The number of furan rings is 2. The van der Waals surface area contributed by atoms with Crippen LogP contribution in [0, 0.1) is 23.7 Å². The fourth-order valence-corrected chi connectivity index (χ4v) is 12.9. The minimum Gasteiger partial charge on any atom is -0.456 e. The van der Waals surface area contributed by atoms with Crippen molar-refractivity contribution in [3.8, 4) is 11.1 Å². The van der Waals surface area contributed by atoms with Crippen molar-refractivity contribution in [2.75, 3.05) is 4.90 Å². The first kappa shape index (κ1) is 33.2. The van der Waals surface area contributed by atoms with E-state index in [-0.39, 0.29) is 0 Å². The largest absolute Gasteiger partial charge is 0.456 e. The van der Waals surface area contributed by atoms with Crippen molar-refractivity contribution in [1.29, 1.82) is 0 Å². The Morgan fingerprint density at radius 3 is 1.83 bits per heavy atom. The predicted molar refractivity (Wildman–Crippen MR) is 240 cm³/mol. The molecule has 7 aromatic carbocycles. The Morgan fingerprint density at radius 1 is 0.466 bits per heavy atom. The van der Waals surface area contributed by atoms with Crippen molar-refractivity contribution in [2.45, 2.75) is 69.6 Å². The average molecular weight is 754 g/mol. The quantitative estimate of drug-likeness (QED) is 0.169. The molecule has 0 aliphatic heterocycles. The van der Waals surface area contributed by atoms with Crippen LogP contribution in [0.3, 0.4) is 0 Å². The zero-order valence-corrected chi connectivity index (χ0v) is 32.9. The number of fused-ring (bicyclic) bond motifs is 8. The third-order valence-electron chi connectivity index (χ3n) is 15.2. The number of rotatable bonds is 6. The van der Waals surface area contributed by atoms with Crippen LogP contribution in [0.5, 0.6) is 0 Å². The molecule has 5 aliphatic carbocycles. The summed E-state index contributed by atoms with van der Waals surface area (Å²) >= 11 is 0. The lowest BCUT2D eigenvalue weighted by atomic mass is 9.50. The average Bonchev–Trinajstić information content (AvgIpc) is 4.03. The van der Waals surface area contributed by atoms with Crippen LogP contribution in [-0.4, -0.2) is 0 Å². The highest BCUT2D eigenvalue weighted by Gasteiger charge is 2.49. The number of hydrogen-bond donors (Lipinski definition) is 0. The molecule has 0 radical (unpaired) electrons. The third-order valence-corrected chi connectivity index (χ3v) is 15.2. The number of benzene rings is 7. The van der Waals surface area contributed by atoms with Gasteiger partial charge in [0.25, 0.3) is 0 Å². The SMILES string of the molecule is c1ccc2c(c1)oc1cccc(N(c3ccc(-c4ccc(C5CCCC5)cc4)cc3)c3cc4c(oc5cccc(C6C7CC8CC(C7)CC6C8)c54)c4ccccc34)c12. The van der Waals surface area contributed by atoms with E-state index in [1.54, 1.807) is 0 Å². The molecule has 0 saturated heterocycles. The Hall–Kier alpha value is -5.80. The van der Waals surface area contributed by atoms with Gasteiger partial charge in [0.15, 0.2) is 0 Å². The summed E-state index contributed by atoms with van der Waals surface area (Å²) in [5.41, 5.74) is 12.7. The van der Waals surface area contributed by atoms with Gasteiger partial charge in [-0.15, -0.1) is 0 Å². The summed E-state index contributed by atoms with van der Waals surface area (Å²) in [7, 11) is 0. The molecule has 3 nitrogen and oxygen atoms in total. The molecule has 3 heteroatoms. The molecule has 5 saturated carbocycles. The van der Waals surface area contributed by atoms with Gasteiger partial charge in [0, 0.05) is 32.6 Å².